The number of primary amides is 1. The van der Waals surface area contributed by atoms with E-state index < -0.39 is 0 Å². The van der Waals surface area contributed by atoms with E-state index in [1.807, 2.05) is 0 Å². The minimum absolute atomic E-state index is 0.260. The summed E-state index contributed by atoms with van der Waals surface area (Å²) in [5.41, 5.74) is 8.36. The zero-order valence-corrected chi connectivity index (χ0v) is 10.3. The van der Waals surface area contributed by atoms with Crippen molar-refractivity contribution >= 4 is 17.2 Å². The van der Waals surface area contributed by atoms with Gasteiger partial charge in [0.15, 0.2) is 0 Å². The Morgan fingerprint density at radius 1 is 1.40 bits per heavy atom. The number of hydrogen-bond acceptors (Lipinski definition) is 2. The number of carbonyl (C=O) groups excluding carboxylic acids is 1. The maximum Gasteiger partial charge on any atom is 0.259 e. The van der Waals surface area contributed by atoms with Crippen LogP contribution in [-0.2, 0) is 12.8 Å². The van der Waals surface area contributed by atoms with Gasteiger partial charge in [-0.3, -0.25) is 4.79 Å². The van der Waals surface area contributed by atoms with Gasteiger partial charge < -0.3 is 5.73 Å². The summed E-state index contributed by atoms with van der Waals surface area (Å²) in [5.74, 6) is -0.260. The van der Waals surface area contributed by atoms with E-state index in [9.17, 15) is 4.79 Å². The van der Waals surface area contributed by atoms with Gasteiger partial charge in [-0.2, -0.15) is 0 Å². The van der Waals surface area contributed by atoms with E-state index in [2.05, 4.69) is 20.8 Å². The first-order valence-electron chi connectivity index (χ1n) is 5.32. The average molecular weight is 223 g/mol. The predicted molar refractivity (Wildman–Crippen MR) is 63.4 cm³/mol. The lowest BCUT2D eigenvalue weighted by Crippen LogP contribution is -2.23. The molecule has 0 atom stereocenters. The SMILES string of the molecule is Cc1sc(C(N)=O)c2c1CC(C)(C)CC2. The molecule has 0 spiro atoms. The maximum atomic E-state index is 11.3. The lowest BCUT2D eigenvalue weighted by atomic mass is 9.74. The second-order valence-corrected chi connectivity index (χ2v) is 6.37. The Bertz CT molecular complexity index is 418. The van der Waals surface area contributed by atoms with Crippen LogP contribution in [0.25, 0.3) is 0 Å². The number of rotatable bonds is 1. The molecule has 1 heterocycles. The molecule has 2 N–H and O–H groups in total. The van der Waals surface area contributed by atoms with E-state index in [4.69, 9.17) is 5.73 Å². The summed E-state index contributed by atoms with van der Waals surface area (Å²) in [5, 5.41) is 0. The van der Waals surface area contributed by atoms with Crippen molar-refractivity contribution in [2.45, 2.75) is 40.0 Å². The molecular weight excluding hydrogens is 206 g/mol. The van der Waals surface area contributed by atoms with Gasteiger partial charge in [0.1, 0.15) is 0 Å². The Balaban J connectivity index is 2.49. The monoisotopic (exact) mass is 223 g/mol. The lowest BCUT2D eigenvalue weighted by Gasteiger charge is -2.30. The fraction of sp³-hybridized carbons (Fsp3) is 0.583. The molecule has 0 radical (unpaired) electrons. The minimum Gasteiger partial charge on any atom is -0.365 e. The highest BCUT2D eigenvalue weighted by molar-refractivity contribution is 7.14. The maximum absolute atomic E-state index is 11.3. The number of amides is 1. The molecule has 0 saturated heterocycles. The Morgan fingerprint density at radius 2 is 2.07 bits per heavy atom. The topological polar surface area (TPSA) is 43.1 Å². The summed E-state index contributed by atoms with van der Waals surface area (Å²) in [6, 6.07) is 0. The first-order valence-corrected chi connectivity index (χ1v) is 6.13. The quantitative estimate of drug-likeness (QED) is 0.781. The van der Waals surface area contributed by atoms with Gasteiger partial charge in [0, 0.05) is 4.88 Å². The molecule has 1 aromatic heterocycles. The molecule has 3 heteroatoms. The highest BCUT2D eigenvalue weighted by atomic mass is 32.1. The summed E-state index contributed by atoms with van der Waals surface area (Å²) in [7, 11) is 0. The number of hydrogen-bond donors (Lipinski definition) is 1. The minimum atomic E-state index is -0.260. The van der Waals surface area contributed by atoms with Crippen LogP contribution in [0.5, 0.6) is 0 Å². The standard InChI is InChI=1S/C12H17NOS/c1-7-9-6-12(2,3)5-4-8(9)10(15-7)11(13)14/h4-6H2,1-3H3,(H2,13,14). The van der Waals surface area contributed by atoms with Crippen LogP contribution in [0, 0.1) is 12.3 Å². The molecule has 0 bridgehead atoms. The third-order valence-corrected chi connectivity index (χ3v) is 4.45. The molecule has 82 valence electrons. The van der Waals surface area contributed by atoms with Gasteiger partial charge in [0.2, 0.25) is 0 Å². The van der Waals surface area contributed by atoms with Crippen LogP contribution in [0.3, 0.4) is 0 Å². The van der Waals surface area contributed by atoms with E-state index in [1.54, 1.807) is 11.3 Å². The Kier molecular flexibility index (Phi) is 2.38. The van der Waals surface area contributed by atoms with E-state index in [-0.39, 0.29) is 5.91 Å². The molecule has 0 unspecified atom stereocenters. The second kappa shape index (κ2) is 3.34. The van der Waals surface area contributed by atoms with Crippen molar-refractivity contribution in [3.05, 3.63) is 20.9 Å². The highest BCUT2D eigenvalue weighted by Crippen LogP contribution is 2.40. The molecule has 0 aliphatic heterocycles. The summed E-state index contributed by atoms with van der Waals surface area (Å²) in [6.45, 7) is 6.67. The van der Waals surface area contributed by atoms with Gasteiger partial charge in [-0.1, -0.05) is 13.8 Å². The first kappa shape index (κ1) is 10.7. The fourth-order valence-corrected chi connectivity index (χ4v) is 3.42. The number of nitrogens with two attached hydrogens (primary N) is 1. The van der Waals surface area contributed by atoms with E-state index in [0.717, 1.165) is 24.1 Å². The molecule has 0 saturated carbocycles. The van der Waals surface area contributed by atoms with Crippen molar-refractivity contribution < 1.29 is 4.79 Å². The molecule has 1 aromatic rings. The Hall–Kier alpha value is -0.830. The molecule has 2 rings (SSSR count). The molecule has 0 aromatic carbocycles. The smallest absolute Gasteiger partial charge is 0.259 e. The first-order chi connectivity index (χ1) is 6.91. The number of thiophene rings is 1. The highest BCUT2D eigenvalue weighted by Gasteiger charge is 2.30. The van der Waals surface area contributed by atoms with E-state index >= 15 is 0 Å². The largest absolute Gasteiger partial charge is 0.365 e. The number of aryl methyl sites for hydroxylation is 1. The summed E-state index contributed by atoms with van der Waals surface area (Å²) in [4.78, 5) is 13.3. The molecule has 1 aliphatic carbocycles. The van der Waals surface area contributed by atoms with Gasteiger partial charge in [-0.05, 0) is 42.7 Å². The van der Waals surface area contributed by atoms with Crippen LogP contribution in [0.2, 0.25) is 0 Å². The van der Waals surface area contributed by atoms with Gasteiger partial charge >= 0.3 is 0 Å². The predicted octanol–water partition coefficient (Wildman–Crippen LogP) is 2.67. The third-order valence-electron chi connectivity index (χ3n) is 3.25. The van der Waals surface area contributed by atoms with Crippen molar-refractivity contribution in [3.63, 3.8) is 0 Å². The lowest BCUT2D eigenvalue weighted by molar-refractivity contribution is 0.100. The molecular formula is C12H17NOS. The van der Waals surface area contributed by atoms with Crippen molar-refractivity contribution in [3.8, 4) is 0 Å². The van der Waals surface area contributed by atoms with Crippen LogP contribution in [-0.4, -0.2) is 5.91 Å². The molecule has 0 fully saturated rings. The van der Waals surface area contributed by atoms with Gasteiger partial charge in [0.05, 0.1) is 4.88 Å². The molecule has 2 nitrogen and oxygen atoms in total. The Morgan fingerprint density at radius 3 is 2.67 bits per heavy atom. The Labute approximate surface area is 94.5 Å². The van der Waals surface area contributed by atoms with E-state index in [0.29, 0.717) is 5.41 Å². The van der Waals surface area contributed by atoms with Crippen LogP contribution >= 0.6 is 11.3 Å². The van der Waals surface area contributed by atoms with Crippen LogP contribution in [0.1, 0.15) is 45.9 Å². The van der Waals surface area contributed by atoms with Crippen molar-refractivity contribution in [2.24, 2.45) is 11.1 Å². The zero-order valence-electron chi connectivity index (χ0n) is 9.52. The van der Waals surface area contributed by atoms with Gasteiger partial charge in [-0.15, -0.1) is 11.3 Å². The van der Waals surface area contributed by atoms with Crippen molar-refractivity contribution in [1.82, 2.24) is 0 Å². The van der Waals surface area contributed by atoms with E-state index in [1.165, 1.54) is 16.0 Å². The normalized spacial score (nSPS) is 18.6. The second-order valence-electron chi connectivity index (χ2n) is 5.15. The zero-order chi connectivity index (χ0) is 11.2. The molecule has 15 heavy (non-hydrogen) atoms. The summed E-state index contributed by atoms with van der Waals surface area (Å²) < 4.78 is 0. The van der Waals surface area contributed by atoms with Gasteiger partial charge in [0.25, 0.3) is 5.91 Å². The van der Waals surface area contributed by atoms with Crippen molar-refractivity contribution in [1.29, 1.82) is 0 Å². The molecule has 1 amide bonds. The summed E-state index contributed by atoms with van der Waals surface area (Å²) >= 11 is 1.56. The third kappa shape index (κ3) is 1.81. The van der Waals surface area contributed by atoms with Crippen LogP contribution < -0.4 is 5.73 Å². The van der Waals surface area contributed by atoms with Gasteiger partial charge in [-0.25, -0.2) is 0 Å². The fourth-order valence-electron chi connectivity index (χ4n) is 2.35. The molecule has 1 aliphatic rings. The number of carbonyl (C=O) groups is 1. The number of fused-ring (bicyclic) bond motifs is 1. The van der Waals surface area contributed by atoms with Crippen LogP contribution in [0.4, 0.5) is 0 Å². The van der Waals surface area contributed by atoms with Crippen LogP contribution in [0.15, 0.2) is 0 Å². The average Bonchev–Trinajstić information content (AvgIpc) is 2.42. The summed E-state index contributed by atoms with van der Waals surface area (Å²) in [6.07, 6.45) is 3.24. The van der Waals surface area contributed by atoms with Crippen molar-refractivity contribution in [2.75, 3.05) is 0 Å².